The minimum atomic E-state index is -1.66. The molecule has 1 saturated heterocycles. The molecule has 1 aromatic carbocycles. The quantitative estimate of drug-likeness (QED) is 0.578. The highest BCUT2D eigenvalue weighted by molar-refractivity contribution is 5.31. The molecule has 1 aliphatic heterocycles. The highest BCUT2D eigenvalue weighted by Gasteiger charge is 2.40. The van der Waals surface area contributed by atoms with Crippen molar-refractivity contribution in [2.24, 2.45) is 0 Å². The molecular formula is C22H27F2N7O. The van der Waals surface area contributed by atoms with E-state index >= 15 is 0 Å². The van der Waals surface area contributed by atoms with Gasteiger partial charge in [0.15, 0.2) is 0 Å². The zero-order valence-corrected chi connectivity index (χ0v) is 18.1. The lowest BCUT2D eigenvalue weighted by molar-refractivity contribution is -0.0242. The average Bonchev–Trinajstić information content (AvgIpc) is 3.27. The number of hydrogen-bond donors (Lipinski definition) is 2. The van der Waals surface area contributed by atoms with Gasteiger partial charge in [-0.15, -0.1) is 0 Å². The molecule has 2 N–H and O–H groups in total. The van der Waals surface area contributed by atoms with Crippen LogP contribution in [0.2, 0.25) is 0 Å². The van der Waals surface area contributed by atoms with E-state index in [0.717, 1.165) is 43.6 Å². The lowest BCUT2D eigenvalue weighted by Crippen LogP contribution is -2.55. The molecular weight excluding hydrogens is 416 g/mol. The number of halogens is 2. The largest absolute Gasteiger partial charge is 0.381 e. The summed E-state index contributed by atoms with van der Waals surface area (Å²) in [6, 6.07) is 2.79. The molecule has 3 aromatic rings. The molecule has 170 valence electrons. The summed E-state index contributed by atoms with van der Waals surface area (Å²) in [6.45, 7) is 5.25. The number of aliphatic hydroxyl groups is 1. The van der Waals surface area contributed by atoms with Crippen molar-refractivity contribution >= 4 is 5.95 Å². The van der Waals surface area contributed by atoms with Crippen LogP contribution in [0.25, 0.3) is 0 Å². The van der Waals surface area contributed by atoms with Crippen LogP contribution in [0.1, 0.15) is 30.9 Å². The highest BCUT2D eigenvalue weighted by Crippen LogP contribution is 2.31. The Hall–Kier alpha value is -2.98. The molecule has 2 aromatic heterocycles. The number of benzene rings is 1. The molecule has 0 bridgehead atoms. The van der Waals surface area contributed by atoms with Gasteiger partial charge >= 0.3 is 0 Å². The van der Waals surface area contributed by atoms with Gasteiger partial charge in [-0.2, -0.15) is 5.10 Å². The average molecular weight is 444 g/mol. The fourth-order valence-corrected chi connectivity index (χ4v) is 4.14. The summed E-state index contributed by atoms with van der Waals surface area (Å²) >= 11 is 0. The molecule has 0 amide bonds. The molecule has 3 heterocycles. The van der Waals surface area contributed by atoms with Gasteiger partial charge in [-0.05, 0) is 38.3 Å². The Bertz CT molecular complexity index is 1020. The van der Waals surface area contributed by atoms with E-state index in [2.05, 4.69) is 30.3 Å². The molecule has 32 heavy (non-hydrogen) atoms. The third-order valence-electron chi connectivity index (χ3n) is 6.01. The van der Waals surface area contributed by atoms with Crippen LogP contribution < -0.4 is 10.2 Å². The molecule has 4 rings (SSSR count). The van der Waals surface area contributed by atoms with Gasteiger partial charge in [-0.25, -0.2) is 28.4 Å². The second kappa shape index (κ2) is 9.25. The molecule has 2 atom stereocenters. The third-order valence-corrected chi connectivity index (χ3v) is 6.01. The Labute approximate surface area is 185 Å². The normalized spacial score (nSPS) is 17.8. The van der Waals surface area contributed by atoms with Crippen molar-refractivity contribution in [1.82, 2.24) is 30.0 Å². The maximum atomic E-state index is 14.7. The first-order valence-corrected chi connectivity index (χ1v) is 10.6. The number of nitrogens with one attached hydrogen (secondary N) is 1. The number of aromatic nitrogens is 5. The highest BCUT2D eigenvalue weighted by atomic mass is 19.1. The van der Waals surface area contributed by atoms with Crippen molar-refractivity contribution < 1.29 is 13.9 Å². The topological polar surface area (TPSA) is 92.0 Å². The zero-order valence-electron chi connectivity index (χ0n) is 18.1. The Morgan fingerprint density at radius 3 is 2.56 bits per heavy atom. The minimum Gasteiger partial charge on any atom is -0.381 e. The summed E-state index contributed by atoms with van der Waals surface area (Å²) in [6.07, 6.45) is 8.04. The predicted octanol–water partition coefficient (Wildman–Crippen LogP) is 2.19. The van der Waals surface area contributed by atoms with Crippen LogP contribution in [0.4, 0.5) is 14.7 Å². The molecule has 0 spiro atoms. The van der Waals surface area contributed by atoms with E-state index in [9.17, 15) is 13.9 Å². The molecule has 0 radical (unpaired) electrons. The molecule has 1 aliphatic rings. The second-order valence-electron chi connectivity index (χ2n) is 8.35. The van der Waals surface area contributed by atoms with Crippen LogP contribution in [0, 0.1) is 18.6 Å². The van der Waals surface area contributed by atoms with E-state index in [1.165, 1.54) is 23.4 Å². The van der Waals surface area contributed by atoms with Crippen LogP contribution in [0.5, 0.6) is 0 Å². The SMILES string of the molecule is Cc1cnc(N2CCC(N[C@H](C)[C@](O)(Cn3cncn3)c3ccc(F)cc3F)CC2)nc1. The zero-order chi connectivity index (χ0) is 22.7. The minimum absolute atomic E-state index is 0.0138. The summed E-state index contributed by atoms with van der Waals surface area (Å²) in [4.78, 5) is 14.8. The number of rotatable bonds is 7. The van der Waals surface area contributed by atoms with Gasteiger partial charge in [0, 0.05) is 49.2 Å². The van der Waals surface area contributed by atoms with Gasteiger partial charge in [0.1, 0.15) is 29.9 Å². The number of hydrogen-bond acceptors (Lipinski definition) is 7. The van der Waals surface area contributed by atoms with Crippen molar-refractivity contribution in [1.29, 1.82) is 0 Å². The summed E-state index contributed by atoms with van der Waals surface area (Å²) in [7, 11) is 0. The maximum Gasteiger partial charge on any atom is 0.225 e. The molecule has 0 unspecified atom stereocenters. The van der Waals surface area contributed by atoms with Gasteiger partial charge in [0.2, 0.25) is 5.95 Å². The van der Waals surface area contributed by atoms with Crippen molar-refractivity contribution in [3.8, 4) is 0 Å². The Kier molecular flexibility index (Phi) is 6.43. The Balaban J connectivity index is 1.48. The van der Waals surface area contributed by atoms with Gasteiger partial charge in [-0.3, -0.25) is 0 Å². The Morgan fingerprint density at radius 2 is 1.94 bits per heavy atom. The maximum absolute atomic E-state index is 14.7. The smallest absolute Gasteiger partial charge is 0.225 e. The summed E-state index contributed by atoms with van der Waals surface area (Å²) in [5.41, 5.74) is -0.637. The van der Waals surface area contributed by atoms with Crippen molar-refractivity contribution in [3.05, 3.63) is 66.0 Å². The van der Waals surface area contributed by atoms with Crippen molar-refractivity contribution in [2.75, 3.05) is 18.0 Å². The van der Waals surface area contributed by atoms with E-state index in [1.54, 1.807) is 19.3 Å². The standard InChI is InChI=1S/C22H27F2N7O/c1-15-10-26-21(27-11-15)30-7-5-18(6-8-30)29-16(2)22(32,12-31-14-25-13-28-31)19-4-3-17(23)9-20(19)24/h3-4,9-11,13-14,16,18,29,32H,5-8,12H2,1-2H3/t16-,22-/m1/s1. The summed E-state index contributed by atoms with van der Waals surface area (Å²) in [5.74, 6) is -0.786. The monoisotopic (exact) mass is 443 g/mol. The molecule has 1 fully saturated rings. The Morgan fingerprint density at radius 1 is 1.22 bits per heavy atom. The fourth-order valence-electron chi connectivity index (χ4n) is 4.14. The molecule has 0 saturated carbocycles. The van der Waals surface area contributed by atoms with Crippen molar-refractivity contribution in [2.45, 2.75) is 50.9 Å². The van der Waals surface area contributed by atoms with E-state index in [4.69, 9.17) is 0 Å². The number of nitrogens with zero attached hydrogens (tertiary/aromatic N) is 6. The first kappa shape index (κ1) is 22.2. The third kappa shape index (κ3) is 4.76. The first-order chi connectivity index (χ1) is 15.3. The predicted molar refractivity (Wildman–Crippen MR) is 115 cm³/mol. The second-order valence-corrected chi connectivity index (χ2v) is 8.35. The van der Waals surface area contributed by atoms with Crippen molar-refractivity contribution in [3.63, 3.8) is 0 Å². The molecule has 0 aliphatic carbocycles. The lowest BCUT2D eigenvalue weighted by Gasteiger charge is -2.40. The van der Waals surface area contributed by atoms with Crippen LogP contribution in [0.3, 0.4) is 0 Å². The van der Waals surface area contributed by atoms with Gasteiger partial charge in [0.25, 0.3) is 0 Å². The van der Waals surface area contributed by atoms with E-state index < -0.39 is 23.3 Å². The van der Waals surface area contributed by atoms with Gasteiger partial charge < -0.3 is 15.3 Å². The van der Waals surface area contributed by atoms with E-state index in [1.807, 2.05) is 6.92 Å². The fraction of sp³-hybridized carbons (Fsp3) is 0.455. The molecule has 10 heteroatoms. The molecule has 8 nitrogen and oxygen atoms in total. The van der Waals surface area contributed by atoms with Crippen LogP contribution in [-0.4, -0.2) is 55.0 Å². The number of anilines is 1. The summed E-state index contributed by atoms with van der Waals surface area (Å²) < 4.78 is 29.6. The number of piperidine rings is 1. The number of aryl methyl sites for hydroxylation is 1. The van der Waals surface area contributed by atoms with Crippen LogP contribution in [0.15, 0.2) is 43.2 Å². The van der Waals surface area contributed by atoms with E-state index in [0.29, 0.717) is 5.95 Å². The lowest BCUT2D eigenvalue weighted by atomic mass is 9.85. The first-order valence-electron chi connectivity index (χ1n) is 10.6. The van der Waals surface area contributed by atoms with Crippen LogP contribution in [-0.2, 0) is 12.1 Å². The van der Waals surface area contributed by atoms with Crippen LogP contribution >= 0.6 is 0 Å². The van der Waals surface area contributed by atoms with Gasteiger partial charge in [-0.1, -0.05) is 6.07 Å². The van der Waals surface area contributed by atoms with E-state index in [-0.39, 0.29) is 18.2 Å². The summed E-state index contributed by atoms with van der Waals surface area (Å²) in [5, 5.41) is 19.1. The van der Waals surface area contributed by atoms with Gasteiger partial charge in [0.05, 0.1) is 6.54 Å².